The molecule has 0 aromatic carbocycles. The van der Waals surface area contributed by atoms with Crippen LogP contribution in [-0.4, -0.2) is 41.7 Å². The van der Waals surface area contributed by atoms with Crippen molar-refractivity contribution in [1.29, 1.82) is 0 Å². The molecule has 1 rings (SSSR count). The zero-order valence-electron chi connectivity index (χ0n) is 9.63. The smallest absolute Gasteiger partial charge is 0.318 e. The Kier molecular flexibility index (Phi) is 5.63. The molecule has 0 aromatic heterocycles. The third-order valence-corrected chi connectivity index (χ3v) is 2.78. The highest BCUT2D eigenvalue weighted by Crippen LogP contribution is 2.10. The van der Waals surface area contributed by atoms with Crippen LogP contribution in [0.2, 0.25) is 0 Å². The largest absolute Gasteiger partial charge is 0.395 e. The summed E-state index contributed by atoms with van der Waals surface area (Å²) >= 11 is 3.31. The van der Waals surface area contributed by atoms with Crippen LogP contribution in [-0.2, 0) is 23.4 Å². The van der Waals surface area contributed by atoms with E-state index in [0.29, 0.717) is 19.3 Å². The van der Waals surface area contributed by atoms with Gasteiger partial charge in [0.25, 0.3) is 0 Å². The number of nitrogens with one attached hydrogen (secondary N) is 1. The number of ketones is 1. The van der Waals surface area contributed by atoms with Crippen molar-refractivity contribution in [3.63, 3.8) is 0 Å². The molecule has 1 aliphatic heterocycles. The summed E-state index contributed by atoms with van der Waals surface area (Å²) in [6.07, 6.45) is 0.816. The van der Waals surface area contributed by atoms with Crippen molar-refractivity contribution in [3.05, 3.63) is 0 Å². The molecule has 100 valence electrons. The van der Waals surface area contributed by atoms with E-state index in [0.717, 1.165) is 0 Å². The Labute approximate surface area is 109 Å². The molecule has 18 heavy (non-hydrogen) atoms. The lowest BCUT2D eigenvalue weighted by molar-refractivity contribution is -0.135. The molecule has 1 atom stereocenters. The molecule has 0 spiro atoms. The summed E-state index contributed by atoms with van der Waals surface area (Å²) in [6, 6.07) is 0. The average molecular weight is 274 g/mol. The first-order valence-electron chi connectivity index (χ1n) is 5.43. The van der Waals surface area contributed by atoms with Crippen LogP contribution >= 0.6 is 12.9 Å². The third-order valence-electron chi connectivity index (χ3n) is 2.58. The lowest BCUT2D eigenvalue weighted by atomic mass is 10.2. The van der Waals surface area contributed by atoms with E-state index in [-0.39, 0.29) is 31.1 Å². The van der Waals surface area contributed by atoms with E-state index in [9.17, 15) is 19.2 Å². The third kappa shape index (κ3) is 4.36. The molecule has 0 saturated carbocycles. The van der Waals surface area contributed by atoms with Gasteiger partial charge >= 0.3 is 5.97 Å². The van der Waals surface area contributed by atoms with Crippen molar-refractivity contribution in [2.75, 3.05) is 6.54 Å². The monoisotopic (exact) mass is 274 g/mol. The van der Waals surface area contributed by atoms with Crippen LogP contribution in [0, 0.1) is 0 Å². The number of carbonyl (C=O) groups excluding carboxylic acids is 4. The Morgan fingerprint density at radius 2 is 2.22 bits per heavy atom. The maximum absolute atomic E-state index is 11.5. The number of carbonyl (C=O) groups is 4. The molecular formula is C10H14N2O5S. The number of hydrogen-bond acceptors (Lipinski definition) is 6. The van der Waals surface area contributed by atoms with Crippen molar-refractivity contribution in [1.82, 2.24) is 10.2 Å². The van der Waals surface area contributed by atoms with Gasteiger partial charge in [-0.05, 0) is 6.42 Å². The molecule has 1 N–H and O–H groups in total. The molecular weight excluding hydrogens is 260 g/mol. The van der Waals surface area contributed by atoms with Gasteiger partial charge in [0.05, 0.1) is 13.0 Å². The Balaban J connectivity index is 2.38. The summed E-state index contributed by atoms with van der Waals surface area (Å²) in [7, 11) is 0. The highest BCUT2D eigenvalue weighted by atomic mass is 32.1. The Morgan fingerprint density at radius 1 is 1.50 bits per heavy atom. The lowest BCUT2D eigenvalue weighted by Crippen LogP contribution is -2.44. The van der Waals surface area contributed by atoms with Crippen LogP contribution in [0.5, 0.6) is 0 Å². The fourth-order valence-corrected chi connectivity index (χ4v) is 1.73. The van der Waals surface area contributed by atoms with E-state index in [1.807, 2.05) is 0 Å². The zero-order valence-corrected chi connectivity index (χ0v) is 10.5. The van der Waals surface area contributed by atoms with Crippen LogP contribution in [0.4, 0.5) is 0 Å². The molecule has 0 aliphatic carbocycles. The normalized spacial score (nSPS) is 18.1. The molecule has 1 heterocycles. The Bertz CT molecular complexity index is 360. The van der Waals surface area contributed by atoms with E-state index in [2.05, 4.69) is 22.4 Å². The highest BCUT2D eigenvalue weighted by molar-refractivity contribution is 7.75. The highest BCUT2D eigenvalue weighted by Gasteiger charge is 2.27. The van der Waals surface area contributed by atoms with Crippen LogP contribution in [0.25, 0.3) is 0 Å². The molecule has 1 aliphatic rings. The summed E-state index contributed by atoms with van der Waals surface area (Å²) in [6.45, 7) is -0.131. The van der Waals surface area contributed by atoms with Crippen LogP contribution in [0.3, 0.4) is 0 Å². The standard InChI is InChI=1S/C10H14N2O5S/c13-6-12(8-2-3-9(15)11-8)5-7(14)1-4-10(16)17-18/h6,8,18H,1-5H2,(H,11,15). The number of rotatable bonds is 7. The van der Waals surface area contributed by atoms with Crippen molar-refractivity contribution in [2.45, 2.75) is 31.8 Å². The lowest BCUT2D eigenvalue weighted by Gasteiger charge is -2.23. The van der Waals surface area contributed by atoms with Gasteiger partial charge in [-0.15, -0.1) is 0 Å². The second-order valence-corrected chi connectivity index (χ2v) is 4.08. The average Bonchev–Trinajstić information content (AvgIpc) is 2.79. The first-order chi connectivity index (χ1) is 8.56. The minimum atomic E-state index is -0.599. The summed E-state index contributed by atoms with van der Waals surface area (Å²) in [4.78, 5) is 45.4. The number of thiol groups is 1. The molecule has 7 nitrogen and oxygen atoms in total. The fraction of sp³-hybridized carbons (Fsp3) is 0.600. The molecule has 8 heteroatoms. The minimum absolute atomic E-state index is 0.0234. The SMILES string of the molecule is O=CN(CC(=O)CCC(=O)OS)C1CCC(=O)N1. The van der Waals surface area contributed by atoms with Crippen LogP contribution in [0.1, 0.15) is 25.7 Å². The van der Waals surface area contributed by atoms with Gasteiger partial charge in [0.15, 0.2) is 5.78 Å². The summed E-state index contributed by atoms with van der Waals surface area (Å²) in [5.74, 6) is -1.02. The van der Waals surface area contributed by atoms with Crippen molar-refractivity contribution in [2.24, 2.45) is 0 Å². The molecule has 0 aromatic rings. The van der Waals surface area contributed by atoms with E-state index in [1.54, 1.807) is 0 Å². The number of hydrogen-bond donors (Lipinski definition) is 2. The van der Waals surface area contributed by atoms with Crippen LogP contribution < -0.4 is 5.32 Å². The van der Waals surface area contributed by atoms with Gasteiger partial charge in [0.1, 0.15) is 6.17 Å². The first-order valence-corrected chi connectivity index (χ1v) is 5.79. The predicted molar refractivity (Wildman–Crippen MR) is 63.3 cm³/mol. The molecule has 0 bridgehead atoms. The van der Waals surface area contributed by atoms with E-state index in [1.165, 1.54) is 4.90 Å². The van der Waals surface area contributed by atoms with Crippen molar-refractivity contribution in [3.8, 4) is 0 Å². The molecule has 0 radical (unpaired) electrons. The van der Waals surface area contributed by atoms with E-state index < -0.39 is 12.1 Å². The Morgan fingerprint density at radius 3 is 2.72 bits per heavy atom. The van der Waals surface area contributed by atoms with Gasteiger partial charge in [0, 0.05) is 25.8 Å². The van der Waals surface area contributed by atoms with Gasteiger partial charge in [-0.3, -0.25) is 19.2 Å². The van der Waals surface area contributed by atoms with E-state index in [4.69, 9.17) is 0 Å². The van der Waals surface area contributed by atoms with Gasteiger partial charge in [-0.25, -0.2) is 0 Å². The van der Waals surface area contributed by atoms with Gasteiger partial charge < -0.3 is 14.4 Å². The second kappa shape index (κ2) is 7.00. The summed E-state index contributed by atoms with van der Waals surface area (Å²) in [5, 5.41) is 2.59. The maximum atomic E-state index is 11.5. The zero-order chi connectivity index (χ0) is 13.5. The minimum Gasteiger partial charge on any atom is -0.395 e. The van der Waals surface area contributed by atoms with Gasteiger partial charge in [-0.1, -0.05) is 0 Å². The molecule has 1 unspecified atom stereocenters. The quantitative estimate of drug-likeness (QED) is 0.368. The molecule has 1 saturated heterocycles. The number of amides is 2. The van der Waals surface area contributed by atoms with Crippen molar-refractivity contribution < 1.29 is 23.4 Å². The van der Waals surface area contributed by atoms with Crippen molar-refractivity contribution >= 4 is 37.0 Å². The fourth-order valence-electron chi connectivity index (χ4n) is 1.64. The second-order valence-electron chi connectivity index (χ2n) is 3.90. The first kappa shape index (κ1) is 14.5. The summed E-state index contributed by atoms with van der Waals surface area (Å²) < 4.78 is 4.11. The molecule has 1 fully saturated rings. The van der Waals surface area contributed by atoms with Gasteiger partial charge in [-0.2, -0.15) is 0 Å². The summed E-state index contributed by atoms with van der Waals surface area (Å²) in [5.41, 5.74) is 0. The van der Waals surface area contributed by atoms with E-state index >= 15 is 0 Å². The van der Waals surface area contributed by atoms with Gasteiger partial charge in [0.2, 0.25) is 12.3 Å². The number of Topliss-reactive ketones (excluding diaryl/α,β-unsaturated/α-hetero) is 1. The molecule has 2 amide bonds. The topological polar surface area (TPSA) is 92.8 Å². The Hall–Kier alpha value is -1.57. The maximum Gasteiger partial charge on any atom is 0.318 e. The van der Waals surface area contributed by atoms with Crippen LogP contribution in [0.15, 0.2) is 0 Å². The number of nitrogens with zero attached hydrogens (tertiary/aromatic N) is 1. The predicted octanol–water partition coefficient (Wildman–Crippen LogP) is -0.582.